The van der Waals surface area contributed by atoms with Gasteiger partial charge >= 0.3 is 5.97 Å². The van der Waals surface area contributed by atoms with Gasteiger partial charge in [0, 0.05) is 12.7 Å². The summed E-state index contributed by atoms with van der Waals surface area (Å²) in [6, 6.07) is 25.2. The van der Waals surface area contributed by atoms with E-state index < -0.39 is 29.6 Å². The van der Waals surface area contributed by atoms with E-state index in [1.165, 1.54) is 24.3 Å². The zero-order valence-electron chi connectivity index (χ0n) is 21.8. The van der Waals surface area contributed by atoms with E-state index in [0.717, 1.165) is 30.0 Å². The molecule has 8 heteroatoms. The summed E-state index contributed by atoms with van der Waals surface area (Å²) in [5.74, 6) is -1.70. The van der Waals surface area contributed by atoms with E-state index >= 15 is 0 Å². The summed E-state index contributed by atoms with van der Waals surface area (Å²) in [4.78, 5) is 26.4. The first kappa shape index (κ1) is 27.3. The van der Waals surface area contributed by atoms with Crippen LogP contribution in [0.2, 0.25) is 0 Å². The molecule has 0 saturated carbocycles. The third-order valence-corrected chi connectivity index (χ3v) is 6.41. The van der Waals surface area contributed by atoms with Gasteiger partial charge in [-0.3, -0.25) is 4.79 Å². The maximum atomic E-state index is 13.8. The van der Waals surface area contributed by atoms with Crippen molar-refractivity contribution in [1.82, 2.24) is 0 Å². The Balaban J connectivity index is 1.52. The van der Waals surface area contributed by atoms with Crippen molar-refractivity contribution in [2.45, 2.75) is 44.9 Å². The average molecular weight is 545 g/mol. The smallest absolute Gasteiger partial charge is 0.374 e. The summed E-state index contributed by atoms with van der Waals surface area (Å²) in [6.45, 7) is 0.596. The van der Waals surface area contributed by atoms with Gasteiger partial charge in [0.05, 0.1) is 0 Å². The lowest BCUT2D eigenvalue weighted by Crippen LogP contribution is -2.26. The molecule has 1 fully saturated rings. The van der Waals surface area contributed by atoms with Crippen molar-refractivity contribution in [1.29, 1.82) is 0 Å². The summed E-state index contributed by atoms with van der Waals surface area (Å²) in [6.07, 6.45) is 0.813. The Morgan fingerprint density at radius 3 is 2.23 bits per heavy atom. The zero-order chi connectivity index (χ0) is 27.7. The molecule has 1 aliphatic rings. The maximum Gasteiger partial charge on any atom is 0.374 e. The van der Waals surface area contributed by atoms with Crippen molar-refractivity contribution < 1.29 is 32.5 Å². The second-order valence-electron chi connectivity index (χ2n) is 9.37. The standard InChI is InChI=1S/C32H29FO7/c33-25-16-14-24(15-17-25)29(40-28-13-7-8-18-36-28)31-30(37-20-22-9-3-1-4-10-22)26(34)19-27(39-31)32(35)38-21-23-11-5-2-6-12-23/h1-6,9-12,14-17,19,28-29H,7-8,13,18,20-21H2. The largest absolute Gasteiger partial charge is 0.482 e. The number of hydrogen-bond donors (Lipinski definition) is 0. The number of carbonyl (C=O) groups excluding carboxylic acids is 1. The topological polar surface area (TPSA) is 84.2 Å². The molecular weight excluding hydrogens is 515 g/mol. The van der Waals surface area contributed by atoms with Gasteiger partial charge in [-0.2, -0.15) is 0 Å². The van der Waals surface area contributed by atoms with Crippen LogP contribution in [0.3, 0.4) is 0 Å². The summed E-state index contributed by atoms with van der Waals surface area (Å²) < 4.78 is 43.4. The molecule has 0 N–H and O–H groups in total. The molecule has 2 unspecified atom stereocenters. The molecule has 4 aromatic rings. The zero-order valence-corrected chi connectivity index (χ0v) is 21.8. The Bertz CT molecular complexity index is 1450. The van der Waals surface area contributed by atoms with Crippen molar-refractivity contribution in [2.24, 2.45) is 0 Å². The van der Waals surface area contributed by atoms with E-state index in [4.69, 9.17) is 23.4 Å². The number of rotatable bonds is 10. The SMILES string of the molecule is O=C(OCc1ccccc1)c1cc(=O)c(OCc2ccccc2)c(C(OC2CCCCO2)c2ccc(F)cc2)o1. The van der Waals surface area contributed by atoms with E-state index in [-0.39, 0.29) is 30.5 Å². The molecule has 3 aromatic carbocycles. The Hall–Kier alpha value is -4.27. The first-order chi connectivity index (χ1) is 19.6. The summed E-state index contributed by atoms with van der Waals surface area (Å²) in [5, 5.41) is 0. The Kier molecular flexibility index (Phi) is 9.00. The normalized spacial score (nSPS) is 15.8. The quantitative estimate of drug-likeness (QED) is 0.215. The molecule has 2 atom stereocenters. The van der Waals surface area contributed by atoms with Crippen molar-refractivity contribution in [3.63, 3.8) is 0 Å². The van der Waals surface area contributed by atoms with Crippen LogP contribution in [-0.4, -0.2) is 18.9 Å². The Labute approximate surface area is 231 Å². The molecule has 5 rings (SSSR count). The molecule has 2 heterocycles. The van der Waals surface area contributed by atoms with Gasteiger partial charge in [-0.25, -0.2) is 9.18 Å². The molecule has 1 aromatic heterocycles. The van der Waals surface area contributed by atoms with Gasteiger partial charge in [0.15, 0.2) is 12.1 Å². The highest BCUT2D eigenvalue weighted by Gasteiger charge is 2.31. The number of carbonyl (C=O) groups is 1. The molecule has 0 bridgehead atoms. The van der Waals surface area contributed by atoms with Crippen molar-refractivity contribution in [2.75, 3.05) is 6.61 Å². The van der Waals surface area contributed by atoms with Crippen molar-refractivity contribution >= 4 is 5.97 Å². The summed E-state index contributed by atoms with van der Waals surface area (Å²) in [7, 11) is 0. The lowest BCUT2D eigenvalue weighted by Gasteiger charge is -2.28. The molecule has 7 nitrogen and oxygen atoms in total. The fourth-order valence-corrected chi connectivity index (χ4v) is 4.34. The molecule has 0 radical (unpaired) electrons. The van der Waals surface area contributed by atoms with Crippen LogP contribution in [0.15, 0.2) is 100 Å². The van der Waals surface area contributed by atoms with Gasteiger partial charge in [-0.05, 0) is 48.1 Å². The van der Waals surface area contributed by atoms with Gasteiger partial charge in [0.25, 0.3) is 0 Å². The molecule has 40 heavy (non-hydrogen) atoms. The highest BCUT2D eigenvalue weighted by atomic mass is 19.1. The predicted molar refractivity (Wildman–Crippen MR) is 144 cm³/mol. The van der Waals surface area contributed by atoms with E-state index in [9.17, 15) is 14.0 Å². The second-order valence-corrected chi connectivity index (χ2v) is 9.37. The number of esters is 1. The lowest BCUT2D eigenvalue weighted by atomic mass is 10.0. The van der Waals surface area contributed by atoms with Crippen molar-refractivity contribution in [3.8, 4) is 5.75 Å². The van der Waals surface area contributed by atoms with Crippen LogP contribution in [0.5, 0.6) is 5.75 Å². The van der Waals surface area contributed by atoms with E-state index in [2.05, 4.69) is 0 Å². The van der Waals surface area contributed by atoms with Gasteiger partial charge in [0.2, 0.25) is 16.9 Å². The van der Waals surface area contributed by atoms with Gasteiger partial charge in [-0.15, -0.1) is 0 Å². The minimum absolute atomic E-state index is 0.00121. The van der Waals surface area contributed by atoms with Crippen LogP contribution < -0.4 is 10.2 Å². The number of halogens is 1. The van der Waals surface area contributed by atoms with Gasteiger partial charge in [0.1, 0.15) is 25.1 Å². The fourth-order valence-electron chi connectivity index (χ4n) is 4.34. The first-order valence-corrected chi connectivity index (χ1v) is 13.1. The minimum atomic E-state index is -1.02. The van der Waals surface area contributed by atoms with Crippen LogP contribution in [0.25, 0.3) is 0 Å². The minimum Gasteiger partial charge on any atom is -0.482 e. The van der Waals surface area contributed by atoms with Crippen LogP contribution >= 0.6 is 0 Å². The van der Waals surface area contributed by atoms with Gasteiger partial charge < -0.3 is 23.4 Å². The molecule has 0 aliphatic carbocycles. The number of benzene rings is 3. The van der Waals surface area contributed by atoms with Crippen molar-refractivity contribution in [3.05, 3.63) is 135 Å². The van der Waals surface area contributed by atoms with Crippen LogP contribution in [0.1, 0.15) is 58.4 Å². The highest BCUT2D eigenvalue weighted by molar-refractivity contribution is 5.86. The third kappa shape index (κ3) is 7.02. The van der Waals surface area contributed by atoms with Gasteiger partial charge in [-0.1, -0.05) is 72.8 Å². The van der Waals surface area contributed by atoms with E-state index in [1.54, 1.807) is 0 Å². The lowest BCUT2D eigenvalue weighted by molar-refractivity contribution is -0.185. The predicted octanol–water partition coefficient (Wildman–Crippen LogP) is 6.35. The molecule has 206 valence electrons. The van der Waals surface area contributed by atoms with Crippen LogP contribution in [-0.2, 0) is 27.4 Å². The van der Waals surface area contributed by atoms with E-state index in [0.29, 0.717) is 18.6 Å². The Morgan fingerprint density at radius 2 is 1.57 bits per heavy atom. The third-order valence-electron chi connectivity index (χ3n) is 6.41. The van der Waals surface area contributed by atoms with Crippen LogP contribution in [0, 0.1) is 5.82 Å². The molecule has 0 spiro atoms. The first-order valence-electron chi connectivity index (χ1n) is 13.1. The summed E-state index contributed by atoms with van der Waals surface area (Å²) >= 11 is 0. The average Bonchev–Trinajstić information content (AvgIpc) is 3.00. The molecular formula is C32H29FO7. The monoisotopic (exact) mass is 544 g/mol. The fraction of sp³-hybridized carbons (Fsp3) is 0.250. The van der Waals surface area contributed by atoms with Crippen LogP contribution in [0.4, 0.5) is 4.39 Å². The Morgan fingerprint density at radius 1 is 0.900 bits per heavy atom. The summed E-state index contributed by atoms with van der Waals surface area (Å²) in [5.41, 5.74) is 1.53. The number of ether oxygens (including phenoxy) is 4. The molecule has 0 amide bonds. The maximum absolute atomic E-state index is 13.8. The number of hydrogen-bond acceptors (Lipinski definition) is 7. The second kappa shape index (κ2) is 13.2. The molecule has 1 aliphatic heterocycles. The molecule has 1 saturated heterocycles. The van der Waals surface area contributed by atoms with E-state index in [1.807, 2.05) is 60.7 Å². The highest BCUT2D eigenvalue weighted by Crippen LogP contribution is 2.35.